The van der Waals surface area contributed by atoms with Crippen LogP contribution in [0.25, 0.3) is 0 Å². The van der Waals surface area contributed by atoms with E-state index < -0.39 is 0 Å². The zero-order chi connectivity index (χ0) is 15.1. The van der Waals surface area contributed by atoms with Crippen LogP contribution in [0, 0.1) is 0 Å². The Hall–Kier alpha value is -1.06. The maximum absolute atomic E-state index is 5.54. The number of methoxy groups -OCH3 is 1. The van der Waals surface area contributed by atoms with E-state index >= 15 is 0 Å². The molecule has 118 valence electrons. The van der Waals surface area contributed by atoms with Gasteiger partial charge in [-0.1, -0.05) is 38.0 Å². The van der Waals surface area contributed by atoms with Gasteiger partial charge in [0.25, 0.3) is 0 Å². The van der Waals surface area contributed by atoms with Gasteiger partial charge in [-0.2, -0.15) is 0 Å². The minimum Gasteiger partial charge on any atom is -0.496 e. The minimum atomic E-state index is 0.327. The third-order valence-electron chi connectivity index (χ3n) is 4.75. The summed E-state index contributed by atoms with van der Waals surface area (Å²) in [6.45, 7) is 4.61. The van der Waals surface area contributed by atoms with Gasteiger partial charge < -0.3 is 10.1 Å². The molecule has 0 spiro atoms. The molecule has 1 saturated heterocycles. The summed E-state index contributed by atoms with van der Waals surface area (Å²) in [5.41, 5.74) is 1.27. The van der Waals surface area contributed by atoms with Crippen LogP contribution in [0.2, 0.25) is 0 Å². The summed E-state index contributed by atoms with van der Waals surface area (Å²) < 4.78 is 5.54. The van der Waals surface area contributed by atoms with Crippen LogP contribution in [0.15, 0.2) is 24.3 Å². The molecule has 3 nitrogen and oxygen atoms in total. The standard InChI is InChI=1S/C18H30N2O/c1-4-15-10-6-5-9-13-20(15)14-17(19-2)16-11-7-8-12-18(16)21-3/h7-8,11-12,15,17,19H,4-6,9-10,13-14H2,1-3H3. The van der Waals surface area contributed by atoms with Crippen molar-refractivity contribution in [3.05, 3.63) is 29.8 Å². The average molecular weight is 290 g/mol. The Balaban J connectivity index is 2.13. The maximum atomic E-state index is 5.54. The van der Waals surface area contributed by atoms with Gasteiger partial charge in [0.15, 0.2) is 0 Å². The van der Waals surface area contributed by atoms with Gasteiger partial charge in [0, 0.05) is 24.2 Å². The lowest BCUT2D eigenvalue weighted by Crippen LogP contribution is -2.40. The van der Waals surface area contributed by atoms with Gasteiger partial charge in [0.2, 0.25) is 0 Å². The van der Waals surface area contributed by atoms with Crippen LogP contribution in [0.3, 0.4) is 0 Å². The molecule has 0 aliphatic carbocycles. The molecule has 3 heteroatoms. The number of para-hydroxylation sites is 1. The monoisotopic (exact) mass is 290 g/mol. The summed E-state index contributed by atoms with van der Waals surface area (Å²) in [5.74, 6) is 0.986. The predicted octanol–water partition coefficient (Wildman–Crippen LogP) is 3.61. The molecule has 1 aromatic carbocycles. The van der Waals surface area contributed by atoms with Crippen molar-refractivity contribution in [1.29, 1.82) is 0 Å². The molecule has 1 N–H and O–H groups in total. The Morgan fingerprint density at radius 2 is 2.10 bits per heavy atom. The Morgan fingerprint density at radius 1 is 1.29 bits per heavy atom. The zero-order valence-electron chi connectivity index (χ0n) is 13.8. The molecule has 2 atom stereocenters. The van der Waals surface area contributed by atoms with Crippen LogP contribution in [0.4, 0.5) is 0 Å². The van der Waals surface area contributed by atoms with Crippen molar-refractivity contribution in [3.63, 3.8) is 0 Å². The number of nitrogens with zero attached hydrogens (tertiary/aromatic N) is 1. The molecular formula is C18H30N2O. The van der Waals surface area contributed by atoms with E-state index in [4.69, 9.17) is 4.74 Å². The van der Waals surface area contributed by atoms with Crippen LogP contribution >= 0.6 is 0 Å². The number of ether oxygens (including phenoxy) is 1. The lowest BCUT2D eigenvalue weighted by Gasteiger charge is -2.33. The topological polar surface area (TPSA) is 24.5 Å². The molecular weight excluding hydrogens is 260 g/mol. The molecule has 1 heterocycles. The molecule has 0 amide bonds. The average Bonchev–Trinajstić information content (AvgIpc) is 2.77. The number of rotatable bonds is 6. The highest BCUT2D eigenvalue weighted by Gasteiger charge is 2.24. The molecule has 0 bridgehead atoms. The van der Waals surface area contributed by atoms with Crippen molar-refractivity contribution in [2.75, 3.05) is 27.2 Å². The molecule has 2 unspecified atom stereocenters. The number of hydrogen-bond donors (Lipinski definition) is 1. The van der Waals surface area contributed by atoms with Gasteiger partial charge in [-0.15, -0.1) is 0 Å². The smallest absolute Gasteiger partial charge is 0.123 e. The van der Waals surface area contributed by atoms with Gasteiger partial charge in [-0.3, -0.25) is 4.90 Å². The van der Waals surface area contributed by atoms with Gasteiger partial charge >= 0.3 is 0 Å². The first-order chi connectivity index (χ1) is 10.3. The lowest BCUT2D eigenvalue weighted by atomic mass is 10.0. The highest BCUT2D eigenvalue weighted by atomic mass is 16.5. The van der Waals surface area contributed by atoms with E-state index in [1.807, 2.05) is 6.07 Å². The summed E-state index contributed by atoms with van der Waals surface area (Å²) in [6.07, 6.45) is 6.69. The molecule has 1 aliphatic rings. The fourth-order valence-electron chi connectivity index (χ4n) is 3.47. The second kappa shape index (κ2) is 8.40. The normalized spacial score (nSPS) is 21.8. The van der Waals surface area contributed by atoms with Crippen molar-refractivity contribution in [1.82, 2.24) is 10.2 Å². The first-order valence-corrected chi connectivity index (χ1v) is 8.34. The van der Waals surface area contributed by atoms with Gasteiger partial charge in [0.05, 0.1) is 7.11 Å². The summed E-state index contributed by atoms with van der Waals surface area (Å²) in [5, 5.41) is 3.48. The molecule has 1 aliphatic heterocycles. The molecule has 21 heavy (non-hydrogen) atoms. The second-order valence-electron chi connectivity index (χ2n) is 5.99. The number of hydrogen-bond acceptors (Lipinski definition) is 3. The van der Waals surface area contributed by atoms with E-state index in [0.717, 1.165) is 18.3 Å². The zero-order valence-corrected chi connectivity index (χ0v) is 13.8. The Bertz CT molecular complexity index is 421. The van der Waals surface area contributed by atoms with E-state index in [1.165, 1.54) is 44.2 Å². The molecule has 0 saturated carbocycles. The van der Waals surface area contributed by atoms with E-state index in [9.17, 15) is 0 Å². The highest BCUT2D eigenvalue weighted by Crippen LogP contribution is 2.27. The fraction of sp³-hybridized carbons (Fsp3) is 0.667. The van der Waals surface area contributed by atoms with Crippen molar-refractivity contribution in [2.45, 2.75) is 51.1 Å². The first-order valence-electron chi connectivity index (χ1n) is 8.34. The third-order valence-corrected chi connectivity index (χ3v) is 4.75. The van der Waals surface area contributed by atoms with Gasteiger partial charge in [0.1, 0.15) is 5.75 Å². The predicted molar refractivity (Wildman–Crippen MR) is 88.9 cm³/mol. The number of likely N-dealkylation sites (N-methyl/N-ethyl adjacent to an activating group) is 1. The van der Waals surface area contributed by atoms with Crippen LogP contribution in [-0.4, -0.2) is 38.2 Å². The fourth-order valence-corrected chi connectivity index (χ4v) is 3.47. The van der Waals surface area contributed by atoms with Gasteiger partial charge in [-0.25, -0.2) is 0 Å². The van der Waals surface area contributed by atoms with E-state index in [2.05, 4.69) is 42.4 Å². The molecule has 1 fully saturated rings. The Morgan fingerprint density at radius 3 is 2.81 bits per heavy atom. The quantitative estimate of drug-likeness (QED) is 0.866. The van der Waals surface area contributed by atoms with E-state index in [0.29, 0.717) is 6.04 Å². The number of nitrogens with one attached hydrogen (secondary N) is 1. The van der Waals surface area contributed by atoms with Crippen molar-refractivity contribution in [2.24, 2.45) is 0 Å². The summed E-state index contributed by atoms with van der Waals surface area (Å²) in [6, 6.07) is 9.43. The summed E-state index contributed by atoms with van der Waals surface area (Å²) >= 11 is 0. The summed E-state index contributed by atoms with van der Waals surface area (Å²) in [7, 11) is 3.81. The SMILES string of the molecule is CCC1CCCCCN1CC(NC)c1ccccc1OC. The van der Waals surface area contributed by atoms with Gasteiger partial charge in [-0.05, 0) is 38.9 Å². The van der Waals surface area contributed by atoms with E-state index in [-0.39, 0.29) is 0 Å². The van der Waals surface area contributed by atoms with Crippen LogP contribution in [-0.2, 0) is 0 Å². The lowest BCUT2D eigenvalue weighted by molar-refractivity contribution is 0.175. The molecule has 0 radical (unpaired) electrons. The molecule has 0 aromatic heterocycles. The Labute approximate surface area is 129 Å². The first kappa shape index (κ1) is 16.3. The molecule has 2 rings (SSSR count). The number of likely N-dealkylation sites (tertiary alicyclic amines) is 1. The Kier molecular flexibility index (Phi) is 6.52. The van der Waals surface area contributed by atoms with Crippen LogP contribution < -0.4 is 10.1 Å². The number of benzene rings is 1. The third kappa shape index (κ3) is 4.21. The second-order valence-corrected chi connectivity index (χ2v) is 5.99. The van der Waals surface area contributed by atoms with Crippen LogP contribution in [0.1, 0.15) is 50.6 Å². The van der Waals surface area contributed by atoms with Crippen molar-refractivity contribution < 1.29 is 4.74 Å². The van der Waals surface area contributed by atoms with Crippen molar-refractivity contribution >= 4 is 0 Å². The summed E-state index contributed by atoms with van der Waals surface area (Å²) in [4.78, 5) is 2.68. The maximum Gasteiger partial charge on any atom is 0.123 e. The molecule has 1 aromatic rings. The highest BCUT2D eigenvalue weighted by molar-refractivity contribution is 5.36. The largest absolute Gasteiger partial charge is 0.496 e. The van der Waals surface area contributed by atoms with E-state index in [1.54, 1.807) is 7.11 Å². The van der Waals surface area contributed by atoms with Crippen LogP contribution in [0.5, 0.6) is 5.75 Å². The minimum absolute atomic E-state index is 0.327. The van der Waals surface area contributed by atoms with Crippen molar-refractivity contribution in [3.8, 4) is 5.75 Å².